The monoisotopic (exact) mass is 311 g/mol. The van der Waals surface area contributed by atoms with Gasteiger partial charge in [0.25, 0.3) is 10.0 Å². The second-order valence-corrected chi connectivity index (χ2v) is 6.35. The van der Waals surface area contributed by atoms with Crippen LogP contribution in [0.4, 0.5) is 5.69 Å². The third-order valence-electron chi connectivity index (χ3n) is 2.75. The van der Waals surface area contributed by atoms with E-state index in [4.69, 9.17) is 16.3 Å². The fourth-order valence-electron chi connectivity index (χ4n) is 1.63. The Bertz CT molecular complexity index is 712. The number of ether oxygens (including phenoxy) is 1. The van der Waals surface area contributed by atoms with Crippen LogP contribution in [-0.4, -0.2) is 15.5 Å². The molecule has 0 heterocycles. The summed E-state index contributed by atoms with van der Waals surface area (Å²) >= 11 is 5.99. The second kappa shape index (κ2) is 5.73. The Hall–Kier alpha value is -1.72. The average Bonchev–Trinajstić information content (AvgIpc) is 2.41. The van der Waals surface area contributed by atoms with Gasteiger partial charge in [0.1, 0.15) is 5.75 Å². The summed E-state index contributed by atoms with van der Waals surface area (Å²) in [5.74, 6) is 0.524. The minimum atomic E-state index is -3.67. The van der Waals surface area contributed by atoms with E-state index in [-0.39, 0.29) is 10.6 Å². The molecule has 0 aromatic heterocycles. The molecule has 2 aromatic carbocycles. The lowest BCUT2D eigenvalue weighted by molar-refractivity contribution is 0.415. The normalized spacial score (nSPS) is 11.2. The molecular formula is C14H14ClNO3S. The SMILES string of the molecule is COc1ccc(Cl)c(NS(=O)(=O)c2ccc(C)cc2)c1. The predicted molar refractivity (Wildman–Crippen MR) is 80.0 cm³/mol. The van der Waals surface area contributed by atoms with Gasteiger partial charge < -0.3 is 4.74 Å². The van der Waals surface area contributed by atoms with E-state index in [1.54, 1.807) is 36.4 Å². The van der Waals surface area contributed by atoms with Crippen molar-refractivity contribution in [1.29, 1.82) is 0 Å². The lowest BCUT2D eigenvalue weighted by Crippen LogP contribution is -2.13. The lowest BCUT2D eigenvalue weighted by atomic mass is 10.2. The number of benzene rings is 2. The van der Waals surface area contributed by atoms with Crippen molar-refractivity contribution in [2.24, 2.45) is 0 Å². The number of hydrogen-bond acceptors (Lipinski definition) is 3. The summed E-state index contributed by atoms with van der Waals surface area (Å²) in [5.41, 5.74) is 1.27. The first-order chi connectivity index (χ1) is 9.42. The Morgan fingerprint density at radius 3 is 2.35 bits per heavy atom. The summed E-state index contributed by atoms with van der Waals surface area (Å²) in [4.78, 5) is 0.182. The molecule has 2 aromatic rings. The van der Waals surface area contributed by atoms with Gasteiger partial charge in [0, 0.05) is 6.07 Å². The van der Waals surface area contributed by atoms with Gasteiger partial charge in [-0.2, -0.15) is 0 Å². The van der Waals surface area contributed by atoms with Crippen molar-refractivity contribution in [3.8, 4) is 5.75 Å². The second-order valence-electron chi connectivity index (χ2n) is 4.26. The van der Waals surface area contributed by atoms with Crippen LogP contribution < -0.4 is 9.46 Å². The lowest BCUT2D eigenvalue weighted by Gasteiger charge is -2.11. The van der Waals surface area contributed by atoms with E-state index in [0.29, 0.717) is 10.8 Å². The average molecular weight is 312 g/mol. The van der Waals surface area contributed by atoms with Crippen LogP contribution in [-0.2, 0) is 10.0 Å². The molecule has 6 heteroatoms. The minimum absolute atomic E-state index is 0.182. The highest BCUT2D eigenvalue weighted by Crippen LogP contribution is 2.28. The van der Waals surface area contributed by atoms with E-state index in [2.05, 4.69) is 4.72 Å². The smallest absolute Gasteiger partial charge is 0.261 e. The van der Waals surface area contributed by atoms with Gasteiger partial charge in [0.2, 0.25) is 0 Å². The number of aryl methyl sites for hydroxylation is 1. The van der Waals surface area contributed by atoms with Crippen LogP contribution in [0.1, 0.15) is 5.56 Å². The molecule has 0 unspecified atom stereocenters. The van der Waals surface area contributed by atoms with E-state index in [1.807, 2.05) is 6.92 Å². The maximum Gasteiger partial charge on any atom is 0.261 e. The molecule has 0 fully saturated rings. The summed E-state index contributed by atoms with van der Waals surface area (Å²) in [6.45, 7) is 1.89. The topological polar surface area (TPSA) is 55.4 Å². The molecular weight excluding hydrogens is 298 g/mol. The zero-order valence-electron chi connectivity index (χ0n) is 11.1. The van der Waals surface area contributed by atoms with Crippen molar-refractivity contribution < 1.29 is 13.2 Å². The number of rotatable bonds is 4. The third kappa shape index (κ3) is 3.23. The van der Waals surface area contributed by atoms with Gasteiger partial charge in [-0.3, -0.25) is 4.72 Å². The molecule has 1 N–H and O–H groups in total. The maximum absolute atomic E-state index is 12.3. The number of methoxy groups -OCH3 is 1. The molecule has 0 aliphatic heterocycles. The van der Waals surface area contributed by atoms with Gasteiger partial charge in [-0.15, -0.1) is 0 Å². The van der Waals surface area contributed by atoms with Crippen LogP contribution in [0.3, 0.4) is 0 Å². The van der Waals surface area contributed by atoms with Crippen LogP contribution in [0.5, 0.6) is 5.75 Å². The molecule has 4 nitrogen and oxygen atoms in total. The largest absolute Gasteiger partial charge is 0.497 e. The summed E-state index contributed by atoms with van der Waals surface area (Å²) in [5, 5.41) is 0.307. The predicted octanol–water partition coefficient (Wildman–Crippen LogP) is 3.46. The van der Waals surface area contributed by atoms with Crippen molar-refractivity contribution in [3.63, 3.8) is 0 Å². The Morgan fingerprint density at radius 1 is 1.10 bits per heavy atom. The summed E-state index contributed by atoms with van der Waals surface area (Å²) in [6.07, 6.45) is 0. The molecule has 2 rings (SSSR count). The van der Waals surface area contributed by atoms with Crippen molar-refractivity contribution in [2.45, 2.75) is 11.8 Å². The third-order valence-corrected chi connectivity index (χ3v) is 4.46. The molecule has 0 aliphatic carbocycles. The maximum atomic E-state index is 12.3. The first-order valence-electron chi connectivity index (χ1n) is 5.85. The van der Waals surface area contributed by atoms with Crippen LogP contribution in [0.2, 0.25) is 5.02 Å². The molecule has 0 saturated heterocycles. The number of hydrogen-bond donors (Lipinski definition) is 1. The van der Waals surface area contributed by atoms with Crippen molar-refractivity contribution in [3.05, 3.63) is 53.1 Å². The van der Waals surface area contributed by atoms with E-state index < -0.39 is 10.0 Å². The van der Waals surface area contributed by atoms with Gasteiger partial charge in [-0.25, -0.2) is 8.42 Å². The fraction of sp³-hybridized carbons (Fsp3) is 0.143. The van der Waals surface area contributed by atoms with Crippen LogP contribution in [0.25, 0.3) is 0 Å². The molecule has 0 spiro atoms. The molecule has 0 radical (unpaired) electrons. The molecule has 0 saturated carbocycles. The minimum Gasteiger partial charge on any atom is -0.497 e. The molecule has 0 atom stereocenters. The van der Waals surface area contributed by atoms with Gasteiger partial charge >= 0.3 is 0 Å². The van der Waals surface area contributed by atoms with Gasteiger partial charge in [-0.05, 0) is 31.2 Å². The Labute approximate surface area is 123 Å². The van der Waals surface area contributed by atoms with E-state index in [9.17, 15) is 8.42 Å². The zero-order valence-corrected chi connectivity index (χ0v) is 12.6. The van der Waals surface area contributed by atoms with Gasteiger partial charge in [0.15, 0.2) is 0 Å². The summed E-state index contributed by atoms with van der Waals surface area (Å²) < 4.78 is 32.0. The quantitative estimate of drug-likeness (QED) is 0.940. The van der Waals surface area contributed by atoms with E-state index >= 15 is 0 Å². The molecule has 20 heavy (non-hydrogen) atoms. The summed E-state index contributed by atoms with van der Waals surface area (Å²) in [7, 11) is -2.17. The number of sulfonamides is 1. The Kier molecular flexibility index (Phi) is 4.20. The van der Waals surface area contributed by atoms with E-state index in [0.717, 1.165) is 5.56 Å². The number of nitrogens with one attached hydrogen (secondary N) is 1. The van der Waals surface area contributed by atoms with Crippen LogP contribution >= 0.6 is 11.6 Å². The zero-order chi connectivity index (χ0) is 14.8. The highest BCUT2D eigenvalue weighted by molar-refractivity contribution is 7.92. The number of halogens is 1. The van der Waals surface area contributed by atoms with Crippen molar-refractivity contribution >= 4 is 27.3 Å². The highest BCUT2D eigenvalue weighted by Gasteiger charge is 2.16. The Morgan fingerprint density at radius 2 is 1.75 bits per heavy atom. The summed E-state index contributed by atoms with van der Waals surface area (Å²) in [6, 6.07) is 11.3. The standard InChI is InChI=1S/C14H14ClNO3S/c1-10-3-6-12(7-4-10)20(17,18)16-14-9-11(19-2)5-8-13(14)15/h3-9,16H,1-2H3. The first kappa shape index (κ1) is 14.7. The Balaban J connectivity index is 2.35. The molecule has 106 valence electrons. The van der Waals surface area contributed by atoms with E-state index in [1.165, 1.54) is 13.2 Å². The molecule has 0 aliphatic rings. The van der Waals surface area contributed by atoms with Gasteiger partial charge in [-0.1, -0.05) is 29.3 Å². The van der Waals surface area contributed by atoms with Crippen LogP contribution in [0.15, 0.2) is 47.4 Å². The molecule has 0 bridgehead atoms. The van der Waals surface area contributed by atoms with Crippen molar-refractivity contribution in [1.82, 2.24) is 0 Å². The van der Waals surface area contributed by atoms with Gasteiger partial charge in [0.05, 0.1) is 22.7 Å². The molecule has 0 amide bonds. The first-order valence-corrected chi connectivity index (χ1v) is 7.71. The van der Waals surface area contributed by atoms with Crippen molar-refractivity contribution in [2.75, 3.05) is 11.8 Å². The van der Waals surface area contributed by atoms with Crippen LogP contribution in [0, 0.1) is 6.92 Å². The highest BCUT2D eigenvalue weighted by atomic mass is 35.5. The fourth-order valence-corrected chi connectivity index (χ4v) is 2.92. The number of anilines is 1.